The molecule has 0 saturated carbocycles. The van der Waals surface area contributed by atoms with Crippen molar-refractivity contribution >= 4 is 35.5 Å². The van der Waals surface area contributed by atoms with Crippen molar-refractivity contribution in [1.29, 1.82) is 0 Å². The maximum atomic E-state index is 9.77. The van der Waals surface area contributed by atoms with Crippen molar-refractivity contribution in [2.24, 2.45) is 0 Å². The van der Waals surface area contributed by atoms with Crippen LogP contribution in [-0.4, -0.2) is 33.9 Å². The summed E-state index contributed by atoms with van der Waals surface area (Å²) in [6.07, 6.45) is 0. The number of carbonyl (C=O) groups excluding carboxylic acids is 2. The first-order chi connectivity index (χ1) is 7.25. The van der Waals surface area contributed by atoms with E-state index >= 15 is 0 Å². The second kappa shape index (κ2) is 14.3. The molecule has 0 unspecified atom stereocenters. The van der Waals surface area contributed by atoms with E-state index in [2.05, 4.69) is 0 Å². The molecule has 7 heteroatoms. The summed E-state index contributed by atoms with van der Waals surface area (Å²) < 4.78 is 0. The van der Waals surface area contributed by atoms with Crippen molar-refractivity contribution in [2.45, 2.75) is 38.2 Å². The first-order valence-corrected chi connectivity index (χ1v) is 6.98. The normalized spacial score (nSPS) is 9.29. The molecule has 0 spiro atoms. The summed E-state index contributed by atoms with van der Waals surface area (Å²) in [4.78, 5) is 19.5. The molecule has 0 fully saturated rings. The molecule has 0 rings (SSSR count). The fourth-order valence-corrected chi connectivity index (χ4v) is 1.41. The van der Waals surface area contributed by atoms with Crippen molar-refractivity contribution in [3.05, 3.63) is 0 Å². The molecule has 0 radical (unpaired) electrons. The molecular formula is C10H18O4S2Zn. The van der Waals surface area contributed by atoms with Gasteiger partial charge in [-0.15, -0.1) is 0 Å². The molecule has 0 aromatic carbocycles. The van der Waals surface area contributed by atoms with Gasteiger partial charge in [-0.25, -0.2) is 0 Å². The van der Waals surface area contributed by atoms with E-state index in [1.165, 1.54) is 23.5 Å². The van der Waals surface area contributed by atoms with E-state index in [1.54, 1.807) is 0 Å². The van der Waals surface area contributed by atoms with Gasteiger partial charge in [-0.2, -0.15) is 23.5 Å². The number of carboxylic acid groups (broad SMARTS) is 2. The van der Waals surface area contributed by atoms with E-state index in [1.807, 2.05) is 27.7 Å². The summed E-state index contributed by atoms with van der Waals surface area (Å²) >= 11 is 2.75. The first-order valence-electron chi connectivity index (χ1n) is 4.88. The van der Waals surface area contributed by atoms with Crippen LogP contribution in [0.1, 0.15) is 27.7 Å². The number of carbonyl (C=O) groups is 2. The molecule has 0 aromatic heterocycles. The minimum absolute atomic E-state index is 0. The zero-order valence-corrected chi connectivity index (χ0v) is 15.3. The van der Waals surface area contributed by atoms with Crippen molar-refractivity contribution in [1.82, 2.24) is 0 Å². The van der Waals surface area contributed by atoms with Crippen LogP contribution in [-0.2, 0) is 29.1 Å². The summed E-state index contributed by atoms with van der Waals surface area (Å²) in [5.41, 5.74) is 0. The van der Waals surface area contributed by atoms with E-state index in [-0.39, 0.29) is 31.0 Å². The van der Waals surface area contributed by atoms with E-state index < -0.39 is 11.9 Å². The van der Waals surface area contributed by atoms with Crippen LogP contribution in [0.25, 0.3) is 0 Å². The van der Waals surface area contributed by atoms with Crippen LogP contribution < -0.4 is 10.2 Å². The Hall–Kier alpha value is 0.263. The first kappa shape index (κ1) is 22.4. The molecule has 4 nitrogen and oxygen atoms in total. The maximum Gasteiger partial charge on any atom is 2.00 e. The number of hydrogen-bond acceptors (Lipinski definition) is 6. The fraction of sp³-hybridized carbons (Fsp3) is 0.800. The summed E-state index contributed by atoms with van der Waals surface area (Å²) in [7, 11) is 0. The number of rotatable bonds is 6. The quantitative estimate of drug-likeness (QED) is 0.625. The Balaban J connectivity index is -0.000000218. The van der Waals surface area contributed by atoms with Gasteiger partial charge in [0.25, 0.3) is 0 Å². The third-order valence-electron chi connectivity index (χ3n) is 1.07. The molecule has 0 bridgehead atoms. The molecule has 17 heavy (non-hydrogen) atoms. The van der Waals surface area contributed by atoms with Crippen LogP contribution in [0.5, 0.6) is 0 Å². The molecule has 0 heterocycles. The molecule has 0 N–H and O–H groups in total. The van der Waals surface area contributed by atoms with Gasteiger partial charge < -0.3 is 19.8 Å². The second-order valence-corrected chi connectivity index (χ2v) is 6.59. The third kappa shape index (κ3) is 31.4. The van der Waals surface area contributed by atoms with Gasteiger partial charge in [-0.1, -0.05) is 27.7 Å². The smallest absolute Gasteiger partial charge is 0.549 e. The molecule has 0 saturated heterocycles. The minimum atomic E-state index is -0.983. The van der Waals surface area contributed by atoms with Crippen LogP contribution in [0.15, 0.2) is 0 Å². The fourth-order valence-electron chi connectivity index (χ4n) is 0.469. The Labute approximate surface area is 124 Å². The number of thioether (sulfide) groups is 2. The van der Waals surface area contributed by atoms with Crippen molar-refractivity contribution < 1.29 is 39.3 Å². The van der Waals surface area contributed by atoms with Crippen LogP contribution >= 0.6 is 23.5 Å². The van der Waals surface area contributed by atoms with Gasteiger partial charge in [0.1, 0.15) is 0 Å². The van der Waals surface area contributed by atoms with Crippen LogP contribution in [0.3, 0.4) is 0 Å². The van der Waals surface area contributed by atoms with E-state index in [0.29, 0.717) is 10.5 Å². The summed E-state index contributed by atoms with van der Waals surface area (Å²) in [5.74, 6) is -1.75. The zero-order chi connectivity index (χ0) is 13.1. The molecule has 96 valence electrons. The number of aliphatic carboxylic acids is 2. The summed E-state index contributed by atoms with van der Waals surface area (Å²) in [6.45, 7) is 7.81. The van der Waals surface area contributed by atoms with Gasteiger partial charge in [0, 0.05) is 11.5 Å². The average Bonchev–Trinajstić information content (AvgIpc) is 2.12. The Morgan fingerprint density at radius 2 is 1.12 bits per heavy atom. The van der Waals surface area contributed by atoms with Crippen LogP contribution in [0.2, 0.25) is 0 Å². The van der Waals surface area contributed by atoms with Crippen LogP contribution in [0, 0.1) is 0 Å². The minimum Gasteiger partial charge on any atom is -0.549 e. The van der Waals surface area contributed by atoms with Crippen molar-refractivity contribution in [3.8, 4) is 0 Å². The molecule has 0 aliphatic rings. The molecular weight excluding hydrogens is 314 g/mol. The standard InChI is InChI=1S/2C5H10O2S.Zn/c2*1-4(2)8-3-5(6)7;/h2*4H,3H2,1-2H3,(H,6,7);/q;;+2/p-2. The molecule has 0 aliphatic heterocycles. The van der Waals surface area contributed by atoms with Gasteiger partial charge >= 0.3 is 19.5 Å². The van der Waals surface area contributed by atoms with Gasteiger partial charge in [0.15, 0.2) is 0 Å². The van der Waals surface area contributed by atoms with Crippen molar-refractivity contribution in [3.63, 3.8) is 0 Å². The zero-order valence-electron chi connectivity index (χ0n) is 10.7. The Morgan fingerprint density at radius 1 is 0.882 bits per heavy atom. The molecule has 0 atom stereocenters. The average molecular weight is 332 g/mol. The molecule has 0 aliphatic carbocycles. The molecule has 0 amide bonds. The SMILES string of the molecule is CC(C)SCC(=O)[O-].CC(C)SCC(=O)[O-].[Zn+2]. The second-order valence-electron chi connectivity index (χ2n) is 3.46. The molecule has 0 aromatic rings. The third-order valence-corrected chi connectivity index (χ3v) is 3.21. The van der Waals surface area contributed by atoms with E-state index in [0.717, 1.165) is 0 Å². The monoisotopic (exact) mass is 330 g/mol. The Morgan fingerprint density at radius 3 is 1.18 bits per heavy atom. The Bertz CT molecular complexity index is 188. The van der Waals surface area contributed by atoms with E-state index in [4.69, 9.17) is 0 Å². The maximum absolute atomic E-state index is 9.77. The largest absolute Gasteiger partial charge is 2.00 e. The Kier molecular flexibility index (Phi) is 18.9. The summed E-state index contributed by atoms with van der Waals surface area (Å²) in [6, 6.07) is 0. The van der Waals surface area contributed by atoms with Gasteiger partial charge in [-0.05, 0) is 10.5 Å². The van der Waals surface area contributed by atoms with Crippen LogP contribution in [0.4, 0.5) is 0 Å². The number of carboxylic acids is 2. The topological polar surface area (TPSA) is 80.3 Å². The summed E-state index contributed by atoms with van der Waals surface area (Å²) in [5, 5.41) is 20.3. The van der Waals surface area contributed by atoms with Gasteiger partial charge in [-0.3, -0.25) is 0 Å². The van der Waals surface area contributed by atoms with Gasteiger partial charge in [0.2, 0.25) is 0 Å². The number of hydrogen-bond donors (Lipinski definition) is 0. The van der Waals surface area contributed by atoms with E-state index in [9.17, 15) is 19.8 Å². The predicted octanol–water partition coefficient (Wildman–Crippen LogP) is -0.247. The predicted molar refractivity (Wildman–Crippen MR) is 65.2 cm³/mol. The van der Waals surface area contributed by atoms with Gasteiger partial charge in [0.05, 0.1) is 11.9 Å². The van der Waals surface area contributed by atoms with Crippen molar-refractivity contribution in [2.75, 3.05) is 11.5 Å².